The number of benzene rings is 2. The van der Waals surface area contributed by atoms with Gasteiger partial charge in [0.1, 0.15) is 0 Å². The van der Waals surface area contributed by atoms with E-state index in [2.05, 4.69) is 64.6 Å². The Balaban J connectivity index is 1.74. The van der Waals surface area contributed by atoms with Gasteiger partial charge in [-0.15, -0.1) is 0 Å². The van der Waals surface area contributed by atoms with E-state index in [4.69, 9.17) is 0 Å². The van der Waals surface area contributed by atoms with Crippen molar-refractivity contribution in [2.75, 3.05) is 5.32 Å². The largest absolute Gasteiger partial charge is 0.380 e. The Morgan fingerprint density at radius 2 is 1.95 bits per heavy atom. The van der Waals surface area contributed by atoms with Crippen molar-refractivity contribution in [3.8, 4) is 0 Å². The van der Waals surface area contributed by atoms with Gasteiger partial charge in [-0.05, 0) is 70.4 Å². The number of nitrogens with one attached hydrogen (secondary N) is 1. The smallest absolute Gasteiger partial charge is 0.0490 e. The van der Waals surface area contributed by atoms with Crippen molar-refractivity contribution in [2.45, 2.75) is 32.7 Å². The molecule has 1 aliphatic carbocycles. The molecular formula is C17H18BrN. The molecular weight excluding hydrogens is 298 g/mol. The Labute approximate surface area is 123 Å². The van der Waals surface area contributed by atoms with Crippen molar-refractivity contribution < 1.29 is 0 Å². The normalized spacial score (nSPS) is 13.4. The van der Waals surface area contributed by atoms with E-state index >= 15 is 0 Å². The molecule has 3 rings (SSSR count). The van der Waals surface area contributed by atoms with Gasteiger partial charge in [-0.25, -0.2) is 0 Å². The summed E-state index contributed by atoms with van der Waals surface area (Å²) in [7, 11) is 0. The van der Waals surface area contributed by atoms with Crippen LogP contribution in [0, 0.1) is 6.92 Å². The highest BCUT2D eigenvalue weighted by atomic mass is 79.9. The molecule has 98 valence electrons. The molecule has 0 radical (unpaired) electrons. The lowest BCUT2D eigenvalue weighted by Gasteiger charge is -2.11. The number of rotatable bonds is 3. The first-order chi connectivity index (χ1) is 9.24. The second-order valence-corrected chi connectivity index (χ2v) is 6.04. The molecule has 0 bridgehead atoms. The van der Waals surface area contributed by atoms with Gasteiger partial charge in [0, 0.05) is 16.7 Å². The van der Waals surface area contributed by atoms with Crippen molar-refractivity contribution in [3.05, 3.63) is 63.1 Å². The lowest BCUT2D eigenvalue weighted by molar-refractivity contribution is 0.911. The average Bonchev–Trinajstić information content (AvgIpc) is 2.88. The number of halogens is 1. The number of hydrogen-bond acceptors (Lipinski definition) is 1. The maximum atomic E-state index is 3.64. The predicted molar refractivity (Wildman–Crippen MR) is 84.7 cm³/mol. The molecule has 0 aliphatic heterocycles. The van der Waals surface area contributed by atoms with Gasteiger partial charge in [-0.1, -0.05) is 30.3 Å². The summed E-state index contributed by atoms with van der Waals surface area (Å²) in [6.07, 6.45) is 3.82. The van der Waals surface area contributed by atoms with Gasteiger partial charge in [0.05, 0.1) is 0 Å². The average molecular weight is 316 g/mol. The minimum atomic E-state index is 0.884. The summed E-state index contributed by atoms with van der Waals surface area (Å²) in [6.45, 7) is 3.00. The highest BCUT2D eigenvalue weighted by molar-refractivity contribution is 9.10. The standard InChI is InChI=1S/C17H18BrN/c1-12-4-2-7-16(17(12)18)19-11-13-8-9-14-5-3-6-15(14)10-13/h2,4,7-10,19H,3,5-6,11H2,1H3. The fourth-order valence-electron chi connectivity index (χ4n) is 2.72. The molecule has 0 fully saturated rings. The molecule has 0 spiro atoms. The molecule has 0 aromatic heterocycles. The van der Waals surface area contributed by atoms with E-state index in [1.54, 1.807) is 11.1 Å². The van der Waals surface area contributed by atoms with Gasteiger partial charge < -0.3 is 5.32 Å². The van der Waals surface area contributed by atoms with Crippen LogP contribution < -0.4 is 5.32 Å². The fraction of sp³-hybridized carbons (Fsp3) is 0.294. The first kappa shape index (κ1) is 12.7. The number of fused-ring (bicyclic) bond motifs is 1. The van der Waals surface area contributed by atoms with Crippen LogP contribution in [0.3, 0.4) is 0 Å². The summed E-state index contributed by atoms with van der Waals surface area (Å²) in [5.41, 5.74) is 6.89. The molecule has 0 atom stereocenters. The van der Waals surface area contributed by atoms with Crippen LogP contribution in [0.1, 0.15) is 28.7 Å². The van der Waals surface area contributed by atoms with Crippen LogP contribution in [0.4, 0.5) is 5.69 Å². The zero-order valence-electron chi connectivity index (χ0n) is 11.2. The number of anilines is 1. The SMILES string of the molecule is Cc1cccc(NCc2ccc3c(c2)CCC3)c1Br. The molecule has 2 aromatic rings. The van der Waals surface area contributed by atoms with Gasteiger partial charge >= 0.3 is 0 Å². The third-order valence-electron chi connectivity index (χ3n) is 3.84. The molecule has 0 heterocycles. The highest BCUT2D eigenvalue weighted by Crippen LogP contribution is 2.27. The summed E-state index contributed by atoms with van der Waals surface area (Å²) >= 11 is 3.64. The zero-order chi connectivity index (χ0) is 13.2. The third-order valence-corrected chi connectivity index (χ3v) is 4.89. The zero-order valence-corrected chi connectivity index (χ0v) is 12.8. The molecule has 0 saturated heterocycles. The number of aryl methyl sites for hydroxylation is 3. The predicted octanol–water partition coefficient (Wildman–Crippen LogP) is 4.86. The monoisotopic (exact) mass is 315 g/mol. The van der Waals surface area contributed by atoms with Crippen molar-refractivity contribution >= 4 is 21.6 Å². The van der Waals surface area contributed by atoms with Gasteiger partial charge in [0.2, 0.25) is 0 Å². The summed E-state index contributed by atoms with van der Waals surface area (Å²) in [4.78, 5) is 0. The Kier molecular flexibility index (Phi) is 3.61. The van der Waals surface area contributed by atoms with E-state index in [0.717, 1.165) is 11.0 Å². The molecule has 2 heteroatoms. The van der Waals surface area contributed by atoms with E-state index in [9.17, 15) is 0 Å². The molecule has 0 unspecified atom stereocenters. The first-order valence-corrected chi connectivity index (χ1v) is 7.63. The van der Waals surface area contributed by atoms with Crippen LogP contribution in [-0.2, 0) is 19.4 Å². The molecule has 0 saturated carbocycles. The molecule has 1 nitrogen and oxygen atoms in total. The van der Waals surface area contributed by atoms with E-state index in [1.807, 2.05) is 0 Å². The summed E-state index contributed by atoms with van der Waals surface area (Å²) in [5.74, 6) is 0. The van der Waals surface area contributed by atoms with Gasteiger partial charge in [-0.3, -0.25) is 0 Å². The van der Waals surface area contributed by atoms with Crippen molar-refractivity contribution in [1.29, 1.82) is 0 Å². The summed E-state index contributed by atoms with van der Waals surface area (Å²) < 4.78 is 1.16. The summed E-state index contributed by atoms with van der Waals surface area (Å²) in [6, 6.07) is 13.2. The van der Waals surface area contributed by atoms with E-state index < -0.39 is 0 Å². The second kappa shape index (κ2) is 5.38. The Hall–Kier alpha value is -1.28. The van der Waals surface area contributed by atoms with Crippen molar-refractivity contribution in [1.82, 2.24) is 0 Å². The van der Waals surface area contributed by atoms with Crippen molar-refractivity contribution in [3.63, 3.8) is 0 Å². The van der Waals surface area contributed by atoms with Crippen LogP contribution in [0.5, 0.6) is 0 Å². The van der Waals surface area contributed by atoms with Crippen LogP contribution >= 0.6 is 15.9 Å². The van der Waals surface area contributed by atoms with Crippen molar-refractivity contribution in [2.24, 2.45) is 0 Å². The Morgan fingerprint density at radius 3 is 2.84 bits per heavy atom. The molecule has 1 N–H and O–H groups in total. The number of hydrogen-bond donors (Lipinski definition) is 1. The molecule has 1 aliphatic rings. The quantitative estimate of drug-likeness (QED) is 0.853. The maximum absolute atomic E-state index is 3.64. The molecule has 2 aromatic carbocycles. The minimum Gasteiger partial charge on any atom is -0.380 e. The molecule has 19 heavy (non-hydrogen) atoms. The van der Waals surface area contributed by atoms with Crippen LogP contribution in [0.25, 0.3) is 0 Å². The minimum absolute atomic E-state index is 0.884. The van der Waals surface area contributed by atoms with Gasteiger partial charge in [-0.2, -0.15) is 0 Å². The van der Waals surface area contributed by atoms with Gasteiger partial charge in [0.25, 0.3) is 0 Å². The summed E-state index contributed by atoms with van der Waals surface area (Å²) in [5, 5.41) is 3.51. The van der Waals surface area contributed by atoms with Crippen LogP contribution in [0.2, 0.25) is 0 Å². The maximum Gasteiger partial charge on any atom is 0.0490 e. The fourth-order valence-corrected chi connectivity index (χ4v) is 3.12. The lowest BCUT2D eigenvalue weighted by Crippen LogP contribution is -2.01. The topological polar surface area (TPSA) is 12.0 Å². The second-order valence-electron chi connectivity index (χ2n) is 5.25. The van der Waals surface area contributed by atoms with E-state index in [0.29, 0.717) is 0 Å². The van der Waals surface area contributed by atoms with Gasteiger partial charge in [0.15, 0.2) is 0 Å². The third kappa shape index (κ3) is 2.69. The van der Waals surface area contributed by atoms with Crippen LogP contribution in [-0.4, -0.2) is 0 Å². The lowest BCUT2D eigenvalue weighted by atomic mass is 10.1. The Bertz CT molecular complexity index is 604. The first-order valence-electron chi connectivity index (χ1n) is 6.84. The van der Waals surface area contributed by atoms with E-state index in [1.165, 1.54) is 36.1 Å². The highest BCUT2D eigenvalue weighted by Gasteiger charge is 2.10. The van der Waals surface area contributed by atoms with E-state index in [-0.39, 0.29) is 0 Å². The Morgan fingerprint density at radius 1 is 1.11 bits per heavy atom. The van der Waals surface area contributed by atoms with Crippen LogP contribution in [0.15, 0.2) is 40.9 Å². The molecule has 0 amide bonds.